The molecule has 0 fully saturated rings. The van der Waals surface area contributed by atoms with Crippen LogP contribution in [0.1, 0.15) is 18.0 Å². The number of carbonyl (C=O) groups is 1. The molecule has 0 radical (unpaired) electrons. The highest BCUT2D eigenvalue weighted by atomic mass is 19.1. The third-order valence-electron chi connectivity index (χ3n) is 3.46. The molecule has 2 nitrogen and oxygen atoms in total. The molecule has 0 saturated carbocycles. The average molecular weight is 267 g/mol. The molecule has 1 unspecified atom stereocenters. The van der Waals surface area contributed by atoms with Gasteiger partial charge in [0.1, 0.15) is 5.82 Å². The number of hydrogen-bond acceptors (Lipinski definition) is 2. The van der Waals surface area contributed by atoms with Gasteiger partial charge < -0.3 is 4.90 Å². The van der Waals surface area contributed by atoms with E-state index in [1.807, 2.05) is 35.2 Å². The normalized spacial score (nSPS) is 18.4. The minimum atomic E-state index is -0.262. The second-order valence-corrected chi connectivity index (χ2v) is 4.80. The summed E-state index contributed by atoms with van der Waals surface area (Å²) < 4.78 is 13.0. The van der Waals surface area contributed by atoms with Crippen LogP contribution in [-0.4, -0.2) is 5.78 Å². The maximum Gasteiger partial charge on any atom is 0.159 e. The summed E-state index contributed by atoms with van der Waals surface area (Å²) >= 11 is 0. The Bertz CT molecular complexity index is 634. The fourth-order valence-corrected chi connectivity index (χ4v) is 2.46. The van der Waals surface area contributed by atoms with Crippen molar-refractivity contribution in [2.45, 2.75) is 12.5 Å². The second-order valence-electron chi connectivity index (χ2n) is 4.80. The molecule has 0 amide bonds. The van der Waals surface area contributed by atoms with Gasteiger partial charge in [0.15, 0.2) is 5.78 Å². The highest BCUT2D eigenvalue weighted by Crippen LogP contribution is 2.33. The minimum absolute atomic E-state index is 0.0424. The largest absolute Gasteiger partial charge is 0.340 e. The van der Waals surface area contributed by atoms with Crippen molar-refractivity contribution in [1.82, 2.24) is 0 Å². The van der Waals surface area contributed by atoms with Crippen LogP contribution in [0.15, 0.2) is 66.9 Å². The number of anilines is 1. The van der Waals surface area contributed by atoms with Gasteiger partial charge >= 0.3 is 0 Å². The summed E-state index contributed by atoms with van der Waals surface area (Å²) in [5.41, 5.74) is 1.96. The molecule has 20 heavy (non-hydrogen) atoms. The quantitative estimate of drug-likeness (QED) is 0.823. The van der Waals surface area contributed by atoms with Crippen molar-refractivity contribution >= 4 is 11.5 Å². The van der Waals surface area contributed by atoms with Crippen LogP contribution >= 0.6 is 0 Å². The molecule has 3 heteroatoms. The van der Waals surface area contributed by atoms with E-state index in [-0.39, 0.29) is 17.6 Å². The van der Waals surface area contributed by atoms with Gasteiger partial charge in [0, 0.05) is 18.3 Å². The lowest BCUT2D eigenvalue weighted by Crippen LogP contribution is -2.28. The number of benzene rings is 2. The van der Waals surface area contributed by atoms with E-state index in [0.717, 1.165) is 11.3 Å². The molecular weight excluding hydrogens is 253 g/mol. The molecule has 1 aliphatic rings. The van der Waals surface area contributed by atoms with Gasteiger partial charge in [0.25, 0.3) is 0 Å². The van der Waals surface area contributed by atoms with Gasteiger partial charge in [-0.15, -0.1) is 0 Å². The fourth-order valence-electron chi connectivity index (χ4n) is 2.46. The zero-order valence-electron chi connectivity index (χ0n) is 10.9. The van der Waals surface area contributed by atoms with E-state index in [9.17, 15) is 9.18 Å². The molecule has 1 atom stereocenters. The molecule has 0 saturated heterocycles. The number of ketones is 1. The molecule has 1 heterocycles. The number of hydrogen-bond donors (Lipinski definition) is 0. The molecule has 1 aliphatic heterocycles. The lowest BCUT2D eigenvalue weighted by atomic mass is 9.97. The molecular formula is C17H14FNO. The smallest absolute Gasteiger partial charge is 0.159 e. The molecule has 0 bridgehead atoms. The van der Waals surface area contributed by atoms with Crippen molar-refractivity contribution < 1.29 is 9.18 Å². The van der Waals surface area contributed by atoms with Gasteiger partial charge in [0.2, 0.25) is 0 Å². The molecule has 0 N–H and O–H groups in total. The van der Waals surface area contributed by atoms with Crippen molar-refractivity contribution in [2.75, 3.05) is 4.90 Å². The first-order valence-corrected chi connectivity index (χ1v) is 6.54. The Labute approximate surface area is 117 Å². The van der Waals surface area contributed by atoms with Crippen LogP contribution < -0.4 is 4.90 Å². The predicted molar refractivity (Wildman–Crippen MR) is 76.8 cm³/mol. The van der Waals surface area contributed by atoms with E-state index in [2.05, 4.69) is 0 Å². The number of nitrogens with zero attached hydrogens (tertiary/aromatic N) is 1. The first-order valence-electron chi connectivity index (χ1n) is 6.54. The molecule has 0 aromatic heterocycles. The first kappa shape index (κ1) is 12.6. The Morgan fingerprint density at radius 1 is 1.00 bits per heavy atom. The molecule has 2 aromatic carbocycles. The van der Waals surface area contributed by atoms with E-state index < -0.39 is 0 Å². The predicted octanol–water partition coefficient (Wildman–Crippen LogP) is 3.86. The lowest BCUT2D eigenvalue weighted by Gasteiger charge is -2.33. The van der Waals surface area contributed by atoms with Crippen LogP contribution in [0.3, 0.4) is 0 Å². The van der Waals surface area contributed by atoms with Crippen molar-refractivity contribution in [3.05, 3.63) is 78.3 Å². The van der Waals surface area contributed by atoms with Crippen molar-refractivity contribution in [1.29, 1.82) is 0 Å². The maximum atomic E-state index is 13.0. The van der Waals surface area contributed by atoms with Crippen molar-refractivity contribution in [3.63, 3.8) is 0 Å². The van der Waals surface area contributed by atoms with Gasteiger partial charge in [-0.1, -0.05) is 30.3 Å². The number of carbonyl (C=O) groups excluding carboxylic acids is 1. The van der Waals surface area contributed by atoms with E-state index in [0.29, 0.717) is 6.42 Å². The number of halogens is 1. The highest BCUT2D eigenvalue weighted by molar-refractivity contribution is 5.92. The van der Waals surface area contributed by atoms with Crippen LogP contribution in [0.4, 0.5) is 10.1 Å². The summed E-state index contributed by atoms with van der Waals surface area (Å²) in [5, 5.41) is 0. The van der Waals surface area contributed by atoms with Gasteiger partial charge in [-0.3, -0.25) is 4.79 Å². The summed E-state index contributed by atoms with van der Waals surface area (Å²) in [6, 6.07) is 16.2. The lowest BCUT2D eigenvalue weighted by molar-refractivity contribution is -0.115. The Morgan fingerprint density at radius 3 is 2.40 bits per heavy atom. The van der Waals surface area contributed by atoms with Gasteiger partial charge in [0.05, 0.1) is 6.04 Å². The first-order chi connectivity index (χ1) is 9.74. The van der Waals surface area contributed by atoms with Gasteiger partial charge in [-0.2, -0.15) is 0 Å². The monoisotopic (exact) mass is 267 g/mol. The second kappa shape index (κ2) is 5.29. The molecule has 2 aromatic rings. The standard InChI is InChI=1S/C17H14FNO/c18-14-6-8-15(9-7-14)19-11-10-16(20)12-17(19)13-4-2-1-3-5-13/h1-11,17H,12H2. The topological polar surface area (TPSA) is 20.3 Å². The van der Waals surface area contributed by atoms with E-state index in [1.54, 1.807) is 24.4 Å². The van der Waals surface area contributed by atoms with Crippen LogP contribution in [0.25, 0.3) is 0 Å². The highest BCUT2D eigenvalue weighted by Gasteiger charge is 2.24. The summed E-state index contributed by atoms with van der Waals surface area (Å²) in [6.45, 7) is 0. The van der Waals surface area contributed by atoms with Crippen LogP contribution in [0, 0.1) is 5.82 Å². The van der Waals surface area contributed by atoms with E-state index >= 15 is 0 Å². The summed E-state index contributed by atoms with van der Waals surface area (Å²) in [6.07, 6.45) is 3.78. The van der Waals surface area contributed by atoms with Crippen LogP contribution in [0.2, 0.25) is 0 Å². The Kier molecular flexibility index (Phi) is 3.33. The van der Waals surface area contributed by atoms with Crippen molar-refractivity contribution in [2.24, 2.45) is 0 Å². The minimum Gasteiger partial charge on any atom is -0.340 e. The Morgan fingerprint density at radius 2 is 1.70 bits per heavy atom. The van der Waals surface area contributed by atoms with Crippen LogP contribution in [0.5, 0.6) is 0 Å². The summed E-state index contributed by atoms with van der Waals surface area (Å²) in [7, 11) is 0. The van der Waals surface area contributed by atoms with E-state index in [4.69, 9.17) is 0 Å². The average Bonchev–Trinajstić information content (AvgIpc) is 2.49. The molecule has 3 rings (SSSR count). The summed E-state index contributed by atoms with van der Waals surface area (Å²) in [5.74, 6) is -0.153. The van der Waals surface area contributed by atoms with Crippen LogP contribution in [-0.2, 0) is 4.79 Å². The van der Waals surface area contributed by atoms with E-state index in [1.165, 1.54) is 12.1 Å². The molecule has 100 valence electrons. The fraction of sp³-hybridized carbons (Fsp3) is 0.118. The van der Waals surface area contributed by atoms with Gasteiger partial charge in [-0.25, -0.2) is 4.39 Å². The van der Waals surface area contributed by atoms with Gasteiger partial charge in [-0.05, 0) is 35.9 Å². The SMILES string of the molecule is O=C1C=CN(c2ccc(F)cc2)C(c2ccccc2)C1. The van der Waals surface area contributed by atoms with Crippen molar-refractivity contribution in [3.8, 4) is 0 Å². The third kappa shape index (κ3) is 2.48. The zero-order chi connectivity index (χ0) is 13.9. The summed E-state index contributed by atoms with van der Waals surface area (Å²) in [4.78, 5) is 13.7. The number of rotatable bonds is 2. The molecule has 0 spiro atoms. The molecule has 0 aliphatic carbocycles. The maximum absolute atomic E-state index is 13.0. The third-order valence-corrected chi connectivity index (χ3v) is 3.46. The Hall–Kier alpha value is -2.42. The number of allylic oxidation sites excluding steroid dienone is 1. The zero-order valence-corrected chi connectivity index (χ0v) is 10.9. The Balaban J connectivity index is 2.00.